The number of ether oxygens (including phenoxy) is 1. The topological polar surface area (TPSA) is 61.0 Å². The summed E-state index contributed by atoms with van der Waals surface area (Å²) >= 11 is 9.27. The molecule has 1 aromatic carbocycles. The zero-order chi connectivity index (χ0) is 13.4. The van der Waals surface area contributed by atoms with Gasteiger partial charge in [0.15, 0.2) is 0 Å². The van der Waals surface area contributed by atoms with Gasteiger partial charge >= 0.3 is 0 Å². The van der Waals surface area contributed by atoms with Crippen LogP contribution < -0.4 is 4.74 Å². The SMILES string of the molecule is Cc1noc2ncnc(Oc3ccc(Cl)cc3Br)c12. The molecule has 0 aliphatic heterocycles. The van der Waals surface area contributed by atoms with Gasteiger partial charge in [0.1, 0.15) is 17.5 Å². The smallest absolute Gasteiger partial charge is 0.264 e. The van der Waals surface area contributed by atoms with E-state index in [1.54, 1.807) is 25.1 Å². The second-order valence-corrected chi connectivity index (χ2v) is 5.09. The van der Waals surface area contributed by atoms with Crippen molar-refractivity contribution in [2.24, 2.45) is 0 Å². The van der Waals surface area contributed by atoms with Crippen molar-refractivity contribution in [1.82, 2.24) is 15.1 Å². The van der Waals surface area contributed by atoms with E-state index in [4.69, 9.17) is 20.9 Å². The van der Waals surface area contributed by atoms with E-state index in [0.29, 0.717) is 33.4 Å². The summed E-state index contributed by atoms with van der Waals surface area (Å²) < 4.78 is 11.6. The van der Waals surface area contributed by atoms with Gasteiger partial charge in [0.05, 0.1) is 10.2 Å². The molecule has 5 nitrogen and oxygen atoms in total. The van der Waals surface area contributed by atoms with Crippen LogP contribution in [0.2, 0.25) is 5.02 Å². The van der Waals surface area contributed by atoms with Crippen LogP contribution in [0.15, 0.2) is 33.5 Å². The molecule has 0 saturated carbocycles. The minimum atomic E-state index is 0.395. The standard InChI is InChI=1S/C12H7BrClN3O2/c1-6-10-11(15-5-16-12(10)19-17-6)18-9-3-2-7(14)4-8(9)13/h2-5H,1H3. The average Bonchev–Trinajstić information content (AvgIpc) is 2.76. The minimum Gasteiger partial charge on any atom is -0.437 e. The lowest BCUT2D eigenvalue weighted by Crippen LogP contribution is -1.91. The Balaban J connectivity index is 2.08. The maximum absolute atomic E-state index is 5.89. The fourth-order valence-electron chi connectivity index (χ4n) is 1.63. The van der Waals surface area contributed by atoms with E-state index in [-0.39, 0.29) is 0 Å². The maximum Gasteiger partial charge on any atom is 0.264 e. The summed E-state index contributed by atoms with van der Waals surface area (Å²) in [6.45, 7) is 1.80. The van der Waals surface area contributed by atoms with Crippen molar-refractivity contribution < 1.29 is 9.26 Å². The molecule has 0 spiro atoms. The third-order valence-electron chi connectivity index (χ3n) is 2.51. The second kappa shape index (κ2) is 4.79. The predicted octanol–water partition coefficient (Wildman–Crippen LogP) is 4.13. The number of aromatic nitrogens is 3. The van der Waals surface area contributed by atoms with Crippen molar-refractivity contribution in [1.29, 1.82) is 0 Å². The molecule has 0 N–H and O–H groups in total. The first-order chi connectivity index (χ1) is 9.15. The summed E-state index contributed by atoms with van der Waals surface area (Å²) in [6.07, 6.45) is 1.37. The van der Waals surface area contributed by atoms with Gasteiger partial charge in [-0.2, -0.15) is 4.98 Å². The van der Waals surface area contributed by atoms with Gasteiger partial charge in [-0.1, -0.05) is 16.8 Å². The third-order valence-corrected chi connectivity index (χ3v) is 3.36. The number of halogens is 2. The highest BCUT2D eigenvalue weighted by Gasteiger charge is 2.14. The van der Waals surface area contributed by atoms with Crippen LogP contribution in [-0.2, 0) is 0 Å². The van der Waals surface area contributed by atoms with Crippen molar-refractivity contribution in [3.05, 3.63) is 39.7 Å². The number of hydrogen-bond acceptors (Lipinski definition) is 5. The van der Waals surface area contributed by atoms with Crippen molar-refractivity contribution in [2.75, 3.05) is 0 Å². The number of fused-ring (bicyclic) bond motifs is 1. The number of rotatable bonds is 2. The van der Waals surface area contributed by atoms with Crippen LogP contribution in [0, 0.1) is 6.92 Å². The molecule has 0 amide bonds. The van der Waals surface area contributed by atoms with Gasteiger partial charge in [-0.25, -0.2) is 4.98 Å². The van der Waals surface area contributed by atoms with Gasteiger partial charge in [0, 0.05) is 5.02 Å². The summed E-state index contributed by atoms with van der Waals surface area (Å²) in [5.41, 5.74) is 1.07. The molecule has 96 valence electrons. The Hall–Kier alpha value is -1.66. The quantitative estimate of drug-likeness (QED) is 0.702. The predicted molar refractivity (Wildman–Crippen MR) is 73.6 cm³/mol. The van der Waals surface area contributed by atoms with Crippen LogP contribution in [0.1, 0.15) is 5.69 Å². The minimum absolute atomic E-state index is 0.395. The molecule has 0 aliphatic rings. The Kier molecular flexibility index (Phi) is 3.12. The third kappa shape index (κ3) is 2.29. The van der Waals surface area contributed by atoms with Crippen LogP contribution >= 0.6 is 27.5 Å². The Morgan fingerprint density at radius 1 is 1.32 bits per heavy atom. The molecule has 3 rings (SSSR count). The molecule has 2 aromatic heterocycles. The van der Waals surface area contributed by atoms with Crippen LogP contribution in [-0.4, -0.2) is 15.1 Å². The number of aryl methyl sites for hydroxylation is 1. The Bertz CT molecular complexity index is 760. The molecule has 0 unspecified atom stereocenters. The van der Waals surface area contributed by atoms with Gasteiger partial charge < -0.3 is 9.26 Å². The van der Waals surface area contributed by atoms with Gasteiger partial charge in [0.2, 0.25) is 5.88 Å². The molecule has 0 aliphatic carbocycles. The lowest BCUT2D eigenvalue weighted by Gasteiger charge is -2.07. The van der Waals surface area contributed by atoms with E-state index in [1.807, 2.05) is 0 Å². The zero-order valence-electron chi connectivity index (χ0n) is 9.72. The van der Waals surface area contributed by atoms with E-state index in [9.17, 15) is 0 Å². The van der Waals surface area contributed by atoms with Crippen LogP contribution in [0.5, 0.6) is 11.6 Å². The number of benzene rings is 1. The summed E-state index contributed by atoms with van der Waals surface area (Å²) in [7, 11) is 0. The fourth-order valence-corrected chi connectivity index (χ4v) is 2.39. The first-order valence-corrected chi connectivity index (χ1v) is 6.52. The normalized spacial score (nSPS) is 10.9. The molecule has 7 heteroatoms. The summed E-state index contributed by atoms with van der Waals surface area (Å²) in [5, 5.41) is 5.12. The Labute approximate surface area is 121 Å². The van der Waals surface area contributed by atoms with Crippen molar-refractivity contribution in [3.63, 3.8) is 0 Å². The lowest BCUT2D eigenvalue weighted by molar-refractivity contribution is 0.440. The molecule has 0 fully saturated rings. The van der Waals surface area contributed by atoms with Gasteiger partial charge in [-0.15, -0.1) is 0 Å². The number of nitrogens with zero attached hydrogens (tertiary/aromatic N) is 3. The van der Waals surface area contributed by atoms with Gasteiger partial charge in [-0.05, 0) is 41.1 Å². The van der Waals surface area contributed by atoms with Crippen molar-refractivity contribution in [2.45, 2.75) is 6.92 Å². The largest absolute Gasteiger partial charge is 0.437 e. The number of hydrogen-bond donors (Lipinski definition) is 0. The highest BCUT2D eigenvalue weighted by molar-refractivity contribution is 9.10. The van der Waals surface area contributed by atoms with Crippen LogP contribution in [0.4, 0.5) is 0 Å². The highest BCUT2D eigenvalue weighted by Crippen LogP contribution is 2.34. The van der Waals surface area contributed by atoms with Crippen LogP contribution in [0.25, 0.3) is 11.1 Å². The van der Waals surface area contributed by atoms with E-state index in [0.717, 1.165) is 4.47 Å². The molecule has 0 saturated heterocycles. The van der Waals surface area contributed by atoms with Crippen LogP contribution in [0.3, 0.4) is 0 Å². The molecule has 3 aromatic rings. The zero-order valence-corrected chi connectivity index (χ0v) is 12.1. The van der Waals surface area contributed by atoms with E-state index in [2.05, 4.69) is 31.1 Å². The molecule has 2 heterocycles. The molecular formula is C12H7BrClN3O2. The average molecular weight is 341 g/mol. The summed E-state index contributed by atoms with van der Waals surface area (Å²) in [5.74, 6) is 0.997. The first kappa shape index (κ1) is 12.4. The first-order valence-electron chi connectivity index (χ1n) is 5.35. The summed E-state index contributed by atoms with van der Waals surface area (Å²) in [6, 6.07) is 5.24. The second-order valence-electron chi connectivity index (χ2n) is 3.80. The maximum atomic E-state index is 5.89. The van der Waals surface area contributed by atoms with E-state index < -0.39 is 0 Å². The molecule has 0 bridgehead atoms. The Morgan fingerprint density at radius 3 is 2.95 bits per heavy atom. The van der Waals surface area contributed by atoms with E-state index >= 15 is 0 Å². The van der Waals surface area contributed by atoms with Gasteiger partial charge in [0.25, 0.3) is 5.71 Å². The molecule has 0 atom stereocenters. The molecule has 19 heavy (non-hydrogen) atoms. The summed E-state index contributed by atoms with van der Waals surface area (Å²) in [4.78, 5) is 8.10. The Morgan fingerprint density at radius 2 is 2.16 bits per heavy atom. The molecular weight excluding hydrogens is 334 g/mol. The highest BCUT2D eigenvalue weighted by atomic mass is 79.9. The van der Waals surface area contributed by atoms with E-state index in [1.165, 1.54) is 6.33 Å². The monoisotopic (exact) mass is 339 g/mol. The lowest BCUT2D eigenvalue weighted by atomic mass is 10.3. The van der Waals surface area contributed by atoms with Crippen molar-refractivity contribution >= 4 is 38.6 Å². The molecule has 0 radical (unpaired) electrons. The fraction of sp³-hybridized carbons (Fsp3) is 0.0833. The van der Waals surface area contributed by atoms with Gasteiger partial charge in [-0.3, -0.25) is 0 Å². The van der Waals surface area contributed by atoms with Crippen molar-refractivity contribution in [3.8, 4) is 11.6 Å².